The van der Waals surface area contributed by atoms with Crippen LogP contribution in [0.1, 0.15) is 11.4 Å². The van der Waals surface area contributed by atoms with Crippen LogP contribution in [0.15, 0.2) is 182 Å². The van der Waals surface area contributed by atoms with Crippen molar-refractivity contribution in [2.24, 2.45) is 0 Å². The predicted molar refractivity (Wildman–Crippen MR) is 235 cm³/mol. The summed E-state index contributed by atoms with van der Waals surface area (Å²) >= 11 is 0. The van der Waals surface area contributed by atoms with E-state index in [0.29, 0.717) is 0 Å². The zero-order chi connectivity index (χ0) is 38.7. The molecule has 0 N–H and O–H groups in total. The van der Waals surface area contributed by atoms with Crippen LogP contribution < -0.4 is 4.74 Å². The van der Waals surface area contributed by atoms with Gasteiger partial charge in [0.25, 0.3) is 0 Å². The summed E-state index contributed by atoms with van der Waals surface area (Å²) in [6.07, 6.45) is 3.78. The first kappa shape index (κ1) is 33.6. The molecule has 7 heteroatoms. The van der Waals surface area contributed by atoms with E-state index in [1.165, 1.54) is 0 Å². The molecule has 0 aliphatic heterocycles. The lowest BCUT2D eigenvalue weighted by molar-refractivity contribution is 0.484. The van der Waals surface area contributed by atoms with Crippen molar-refractivity contribution >= 4 is 43.6 Å². The Kier molecular flexibility index (Phi) is 7.79. The van der Waals surface area contributed by atoms with E-state index in [1.54, 1.807) is 0 Å². The Labute approximate surface area is 334 Å². The van der Waals surface area contributed by atoms with Crippen molar-refractivity contribution in [1.82, 2.24) is 28.9 Å². The van der Waals surface area contributed by atoms with Crippen molar-refractivity contribution in [3.63, 3.8) is 0 Å². The number of nitrogens with zero attached hydrogens (tertiary/aromatic N) is 6. The first-order chi connectivity index (χ1) is 28.6. The average Bonchev–Trinajstić information content (AvgIpc) is 3.89. The molecule has 0 saturated heterocycles. The fourth-order valence-electron chi connectivity index (χ4n) is 8.59. The van der Waals surface area contributed by atoms with E-state index in [0.717, 1.165) is 106 Å². The van der Waals surface area contributed by atoms with E-state index >= 15 is 0 Å². The molecule has 0 fully saturated rings. The van der Waals surface area contributed by atoms with E-state index in [9.17, 15) is 0 Å². The lowest BCUT2D eigenvalue weighted by atomic mass is 10.0. The molecule has 5 aromatic heterocycles. The molecular formula is C51H36N6O. The molecule has 7 nitrogen and oxygen atoms in total. The van der Waals surface area contributed by atoms with Crippen LogP contribution in [0.2, 0.25) is 0 Å². The number of ether oxygens (including phenoxy) is 1. The number of benzene rings is 6. The van der Waals surface area contributed by atoms with Gasteiger partial charge in [-0.15, -0.1) is 0 Å². The van der Waals surface area contributed by atoms with Crippen LogP contribution in [0.3, 0.4) is 0 Å². The maximum atomic E-state index is 6.75. The van der Waals surface area contributed by atoms with Gasteiger partial charge >= 0.3 is 0 Å². The number of rotatable bonds is 7. The summed E-state index contributed by atoms with van der Waals surface area (Å²) in [5.74, 6) is 3.14. The van der Waals surface area contributed by atoms with Gasteiger partial charge in [0, 0.05) is 57.3 Å². The van der Waals surface area contributed by atoms with Crippen LogP contribution in [-0.2, 0) is 0 Å². The van der Waals surface area contributed by atoms with Gasteiger partial charge in [0.2, 0.25) is 0 Å². The Morgan fingerprint density at radius 3 is 1.53 bits per heavy atom. The normalized spacial score (nSPS) is 11.6. The standard InChI is InChI=1S/C51H36N6O/c1-33-51(34(2)57(54-33)38-15-7-4-8-16-38)37-26-28-53-50(30-37)56-46-20-12-10-18-42(46)44-24-22-40(32-48(44)56)58-39-21-23-43-41-17-9-11-19-45(41)55(47(43)31-39)49-29-36(25-27-52-49)35-13-5-3-6-14-35/h3-32H,1-2H3. The van der Waals surface area contributed by atoms with Crippen LogP contribution in [0, 0.1) is 13.8 Å². The summed E-state index contributed by atoms with van der Waals surface area (Å²) in [6.45, 7) is 4.20. The maximum absolute atomic E-state index is 6.75. The molecule has 6 aromatic carbocycles. The molecule has 0 bridgehead atoms. The van der Waals surface area contributed by atoms with Crippen LogP contribution in [-0.4, -0.2) is 28.9 Å². The zero-order valence-electron chi connectivity index (χ0n) is 31.9. The van der Waals surface area contributed by atoms with Crippen molar-refractivity contribution in [1.29, 1.82) is 0 Å². The third-order valence-electron chi connectivity index (χ3n) is 11.2. The average molecular weight is 749 g/mol. The minimum absolute atomic E-state index is 0.731. The fraction of sp³-hybridized carbons (Fsp3) is 0.0392. The molecule has 0 atom stereocenters. The highest BCUT2D eigenvalue weighted by Gasteiger charge is 2.19. The lowest BCUT2D eigenvalue weighted by Crippen LogP contribution is -1.99. The van der Waals surface area contributed by atoms with E-state index < -0.39 is 0 Å². The summed E-state index contributed by atoms with van der Waals surface area (Å²) in [6, 6.07) is 58.8. The van der Waals surface area contributed by atoms with Gasteiger partial charge in [-0.25, -0.2) is 14.6 Å². The Hall–Kier alpha value is -7.77. The Bertz CT molecular complexity index is 3340. The minimum atomic E-state index is 0.731. The zero-order valence-corrected chi connectivity index (χ0v) is 31.9. The van der Waals surface area contributed by atoms with Gasteiger partial charge in [-0.1, -0.05) is 84.9 Å². The third-order valence-corrected chi connectivity index (χ3v) is 11.2. The first-order valence-electron chi connectivity index (χ1n) is 19.4. The summed E-state index contributed by atoms with van der Waals surface area (Å²) in [4.78, 5) is 9.82. The SMILES string of the molecule is Cc1nn(-c2ccccc2)c(C)c1-c1ccnc(-n2c3ccccc3c3ccc(Oc4ccc5c6ccccc6n(-c6cc(-c7ccccc7)ccn6)c5c4)cc32)c1. The molecule has 5 heterocycles. The first-order valence-corrected chi connectivity index (χ1v) is 19.4. The summed E-state index contributed by atoms with van der Waals surface area (Å²) in [5.41, 5.74) is 11.7. The van der Waals surface area contributed by atoms with E-state index in [-0.39, 0.29) is 0 Å². The van der Waals surface area contributed by atoms with Gasteiger partial charge < -0.3 is 4.74 Å². The van der Waals surface area contributed by atoms with E-state index in [1.807, 2.05) is 41.3 Å². The Balaban J connectivity index is 1.01. The predicted octanol–water partition coefficient (Wildman–Crippen LogP) is 12.6. The molecule has 276 valence electrons. The highest BCUT2D eigenvalue weighted by molar-refractivity contribution is 6.10. The van der Waals surface area contributed by atoms with Crippen molar-refractivity contribution < 1.29 is 4.74 Å². The highest BCUT2D eigenvalue weighted by atomic mass is 16.5. The number of aryl methyl sites for hydroxylation is 1. The maximum Gasteiger partial charge on any atom is 0.138 e. The lowest BCUT2D eigenvalue weighted by Gasteiger charge is -2.12. The van der Waals surface area contributed by atoms with E-state index in [2.05, 4.69) is 169 Å². The molecule has 58 heavy (non-hydrogen) atoms. The van der Waals surface area contributed by atoms with Gasteiger partial charge in [0.1, 0.15) is 23.1 Å². The molecule has 0 unspecified atom stereocenters. The third kappa shape index (κ3) is 5.47. The van der Waals surface area contributed by atoms with Crippen molar-refractivity contribution in [2.75, 3.05) is 0 Å². The number of fused-ring (bicyclic) bond motifs is 6. The van der Waals surface area contributed by atoms with Gasteiger partial charge in [0.15, 0.2) is 0 Å². The van der Waals surface area contributed by atoms with Crippen LogP contribution in [0.25, 0.3) is 83.2 Å². The van der Waals surface area contributed by atoms with Crippen LogP contribution in [0.5, 0.6) is 11.5 Å². The monoisotopic (exact) mass is 748 g/mol. The van der Waals surface area contributed by atoms with Gasteiger partial charge in [-0.3, -0.25) is 9.13 Å². The number of pyridine rings is 2. The molecule has 11 rings (SSSR count). The van der Waals surface area contributed by atoms with Gasteiger partial charge in [-0.2, -0.15) is 5.10 Å². The smallest absolute Gasteiger partial charge is 0.138 e. The largest absolute Gasteiger partial charge is 0.457 e. The molecule has 0 spiro atoms. The van der Waals surface area contributed by atoms with E-state index in [4.69, 9.17) is 19.8 Å². The number of para-hydroxylation sites is 3. The molecule has 0 amide bonds. The van der Waals surface area contributed by atoms with Gasteiger partial charge in [0.05, 0.1) is 33.4 Å². The summed E-state index contributed by atoms with van der Waals surface area (Å²) in [7, 11) is 0. The van der Waals surface area contributed by atoms with Crippen LogP contribution in [0.4, 0.5) is 0 Å². The van der Waals surface area contributed by atoms with Crippen LogP contribution >= 0.6 is 0 Å². The highest BCUT2D eigenvalue weighted by Crippen LogP contribution is 2.39. The summed E-state index contributed by atoms with van der Waals surface area (Å²) in [5, 5.41) is 9.51. The van der Waals surface area contributed by atoms with Crippen molar-refractivity contribution in [3.05, 3.63) is 194 Å². The number of aromatic nitrogens is 6. The van der Waals surface area contributed by atoms with Gasteiger partial charge in [-0.05, 0) is 103 Å². The summed E-state index contributed by atoms with van der Waals surface area (Å²) < 4.78 is 13.2. The quantitative estimate of drug-likeness (QED) is 0.163. The number of hydrogen-bond acceptors (Lipinski definition) is 4. The topological polar surface area (TPSA) is 62.7 Å². The second-order valence-corrected chi connectivity index (χ2v) is 14.6. The second kappa shape index (κ2) is 13.5. The molecule has 11 aromatic rings. The fourth-order valence-corrected chi connectivity index (χ4v) is 8.59. The van der Waals surface area contributed by atoms with Crippen molar-refractivity contribution in [3.8, 4) is 51.1 Å². The second-order valence-electron chi connectivity index (χ2n) is 14.6. The molecule has 0 aliphatic carbocycles. The number of hydrogen-bond donors (Lipinski definition) is 0. The van der Waals surface area contributed by atoms with Crippen molar-refractivity contribution in [2.45, 2.75) is 13.8 Å². The molecule has 0 aliphatic rings. The molecular weight excluding hydrogens is 713 g/mol. The molecule has 0 radical (unpaired) electrons. The minimum Gasteiger partial charge on any atom is -0.457 e. The Morgan fingerprint density at radius 1 is 0.431 bits per heavy atom. The Morgan fingerprint density at radius 2 is 0.931 bits per heavy atom. The molecule has 0 saturated carbocycles.